The zero-order chi connectivity index (χ0) is 15.3. The number of sulfonamides is 1. The predicted molar refractivity (Wildman–Crippen MR) is 86.4 cm³/mol. The molecular formula is C16H20N2O2S. The highest BCUT2D eigenvalue weighted by atomic mass is 32.2. The first-order valence-corrected chi connectivity index (χ1v) is 8.47. The van der Waals surface area contributed by atoms with Crippen molar-refractivity contribution in [3.8, 4) is 0 Å². The number of nitrogen functional groups attached to an aromatic ring is 1. The van der Waals surface area contributed by atoms with Gasteiger partial charge < -0.3 is 5.73 Å². The van der Waals surface area contributed by atoms with E-state index in [1.807, 2.05) is 25.1 Å². The highest BCUT2D eigenvalue weighted by Crippen LogP contribution is 2.09. The Bertz CT molecular complexity index is 694. The molecule has 0 aliphatic carbocycles. The molecule has 4 nitrogen and oxygen atoms in total. The van der Waals surface area contributed by atoms with Gasteiger partial charge in [-0.05, 0) is 36.6 Å². The van der Waals surface area contributed by atoms with Crippen molar-refractivity contribution in [2.24, 2.45) is 0 Å². The highest BCUT2D eigenvalue weighted by Gasteiger charge is 2.10. The van der Waals surface area contributed by atoms with Crippen molar-refractivity contribution in [2.75, 3.05) is 12.3 Å². The van der Waals surface area contributed by atoms with Gasteiger partial charge in [0.2, 0.25) is 10.0 Å². The van der Waals surface area contributed by atoms with Gasteiger partial charge in [-0.2, -0.15) is 0 Å². The Morgan fingerprint density at radius 3 is 2.43 bits per heavy atom. The normalized spacial score (nSPS) is 11.5. The van der Waals surface area contributed by atoms with E-state index < -0.39 is 10.0 Å². The van der Waals surface area contributed by atoms with Gasteiger partial charge in [0.05, 0.1) is 5.75 Å². The van der Waals surface area contributed by atoms with Crippen molar-refractivity contribution in [1.29, 1.82) is 0 Å². The van der Waals surface area contributed by atoms with E-state index in [9.17, 15) is 8.42 Å². The standard InChI is InChI=1S/C16H20N2O2S/c1-13-3-2-4-14(11-13)9-10-18-21(19,20)12-15-5-7-16(17)8-6-15/h2-8,11,18H,9-10,12,17H2,1H3. The number of rotatable bonds is 6. The van der Waals surface area contributed by atoms with E-state index in [0.29, 0.717) is 18.7 Å². The second-order valence-corrected chi connectivity index (χ2v) is 6.94. The minimum absolute atomic E-state index is 0.0267. The average Bonchev–Trinajstić information content (AvgIpc) is 2.41. The number of benzene rings is 2. The molecule has 0 amide bonds. The number of nitrogens with one attached hydrogen (secondary N) is 1. The first kappa shape index (κ1) is 15.5. The average molecular weight is 304 g/mol. The molecule has 2 aromatic rings. The summed E-state index contributed by atoms with van der Waals surface area (Å²) in [5.41, 5.74) is 9.25. The van der Waals surface area contributed by atoms with Crippen LogP contribution < -0.4 is 10.5 Å². The summed E-state index contributed by atoms with van der Waals surface area (Å²) < 4.78 is 26.6. The maximum atomic E-state index is 12.0. The molecule has 2 rings (SSSR count). The van der Waals surface area contributed by atoms with E-state index >= 15 is 0 Å². The van der Waals surface area contributed by atoms with Crippen LogP contribution in [0.5, 0.6) is 0 Å². The van der Waals surface area contributed by atoms with Crippen molar-refractivity contribution in [1.82, 2.24) is 4.72 Å². The fourth-order valence-electron chi connectivity index (χ4n) is 2.10. The summed E-state index contributed by atoms with van der Waals surface area (Å²) in [6.07, 6.45) is 0.683. The molecule has 0 aliphatic heterocycles. The molecule has 5 heteroatoms. The highest BCUT2D eigenvalue weighted by molar-refractivity contribution is 7.88. The Hall–Kier alpha value is -1.85. The molecule has 2 aromatic carbocycles. The van der Waals surface area contributed by atoms with Crippen LogP contribution in [0.2, 0.25) is 0 Å². The molecule has 0 atom stereocenters. The van der Waals surface area contributed by atoms with E-state index in [1.54, 1.807) is 24.3 Å². The lowest BCUT2D eigenvalue weighted by Gasteiger charge is -2.07. The number of anilines is 1. The van der Waals surface area contributed by atoms with E-state index in [4.69, 9.17) is 5.73 Å². The minimum Gasteiger partial charge on any atom is -0.399 e. The Kier molecular flexibility index (Phi) is 4.98. The van der Waals surface area contributed by atoms with Crippen LogP contribution in [0, 0.1) is 6.92 Å². The summed E-state index contributed by atoms with van der Waals surface area (Å²) in [6, 6.07) is 14.9. The molecular weight excluding hydrogens is 284 g/mol. The van der Waals surface area contributed by atoms with Gasteiger partial charge in [-0.15, -0.1) is 0 Å². The largest absolute Gasteiger partial charge is 0.399 e. The molecule has 0 saturated carbocycles. The summed E-state index contributed by atoms with van der Waals surface area (Å²) in [5.74, 6) is -0.0267. The third-order valence-electron chi connectivity index (χ3n) is 3.15. The minimum atomic E-state index is -3.32. The van der Waals surface area contributed by atoms with Crippen LogP contribution in [-0.4, -0.2) is 15.0 Å². The second-order valence-electron chi connectivity index (χ2n) is 5.13. The topological polar surface area (TPSA) is 72.2 Å². The van der Waals surface area contributed by atoms with Crippen molar-refractivity contribution in [3.05, 3.63) is 65.2 Å². The lowest BCUT2D eigenvalue weighted by atomic mass is 10.1. The first-order chi connectivity index (χ1) is 9.94. The smallest absolute Gasteiger partial charge is 0.215 e. The zero-order valence-corrected chi connectivity index (χ0v) is 12.9. The Labute approximate surface area is 126 Å². The van der Waals surface area contributed by atoms with Crippen LogP contribution in [0.4, 0.5) is 5.69 Å². The summed E-state index contributed by atoms with van der Waals surface area (Å²) in [4.78, 5) is 0. The molecule has 0 aromatic heterocycles. The summed E-state index contributed by atoms with van der Waals surface area (Å²) in [7, 11) is -3.32. The Balaban J connectivity index is 1.88. The molecule has 0 saturated heterocycles. The first-order valence-electron chi connectivity index (χ1n) is 6.82. The van der Waals surface area contributed by atoms with Crippen molar-refractivity contribution >= 4 is 15.7 Å². The summed E-state index contributed by atoms with van der Waals surface area (Å²) >= 11 is 0. The van der Waals surface area contributed by atoms with Crippen molar-refractivity contribution < 1.29 is 8.42 Å². The molecule has 0 radical (unpaired) electrons. The molecule has 0 bridgehead atoms. The Morgan fingerprint density at radius 1 is 1.05 bits per heavy atom. The van der Waals surface area contributed by atoms with Crippen LogP contribution in [0.25, 0.3) is 0 Å². The van der Waals surface area contributed by atoms with Gasteiger partial charge in [0.15, 0.2) is 0 Å². The van der Waals surface area contributed by atoms with Gasteiger partial charge >= 0.3 is 0 Å². The molecule has 3 N–H and O–H groups in total. The fourth-order valence-corrected chi connectivity index (χ4v) is 3.25. The predicted octanol–water partition coefficient (Wildman–Crippen LogP) is 2.24. The van der Waals surface area contributed by atoms with Crippen LogP contribution in [-0.2, 0) is 22.2 Å². The summed E-state index contributed by atoms with van der Waals surface area (Å²) in [5, 5.41) is 0. The van der Waals surface area contributed by atoms with Crippen LogP contribution in [0.15, 0.2) is 48.5 Å². The quantitative estimate of drug-likeness (QED) is 0.804. The second kappa shape index (κ2) is 6.74. The van der Waals surface area contributed by atoms with Crippen LogP contribution >= 0.6 is 0 Å². The van der Waals surface area contributed by atoms with Gasteiger partial charge in [0.1, 0.15) is 0 Å². The maximum absolute atomic E-state index is 12.0. The van der Waals surface area contributed by atoms with Gasteiger partial charge in [-0.25, -0.2) is 13.1 Å². The van der Waals surface area contributed by atoms with Gasteiger partial charge in [0.25, 0.3) is 0 Å². The molecule has 21 heavy (non-hydrogen) atoms. The number of hydrogen-bond donors (Lipinski definition) is 2. The van der Waals surface area contributed by atoms with Crippen molar-refractivity contribution in [3.63, 3.8) is 0 Å². The SMILES string of the molecule is Cc1cccc(CCNS(=O)(=O)Cc2ccc(N)cc2)c1. The van der Waals surface area contributed by atoms with Crippen molar-refractivity contribution in [2.45, 2.75) is 19.1 Å². The van der Waals surface area contributed by atoms with E-state index in [0.717, 1.165) is 11.1 Å². The third-order valence-corrected chi connectivity index (χ3v) is 4.51. The molecule has 112 valence electrons. The maximum Gasteiger partial charge on any atom is 0.215 e. The molecule has 0 fully saturated rings. The van der Waals surface area contributed by atoms with Crippen LogP contribution in [0.1, 0.15) is 16.7 Å². The van der Waals surface area contributed by atoms with Gasteiger partial charge in [0, 0.05) is 12.2 Å². The Morgan fingerprint density at radius 2 is 1.76 bits per heavy atom. The van der Waals surface area contributed by atoms with Gasteiger partial charge in [-0.3, -0.25) is 0 Å². The lowest BCUT2D eigenvalue weighted by Crippen LogP contribution is -2.27. The summed E-state index contributed by atoms with van der Waals surface area (Å²) in [6.45, 7) is 2.43. The van der Waals surface area contributed by atoms with E-state index in [1.165, 1.54) is 5.56 Å². The molecule has 0 aliphatic rings. The fraction of sp³-hybridized carbons (Fsp3) is 0.250. The number of nitrogens with two attached hydrogens (primary N) is 1. The zero-order valence-electron chi connectivity index (χ0n) is 12.0. The number of hydrogen-bond acceptors (Lipinski definition) is 3. The third kappa shape index (κ3) is 5.21. The molecule has 0 spiro atoms. The van der Waals surface area contributed by atoms with E-state index in [2.05, 4.69) is 10.8 Å². The molecule has 0 unspecified atom stereocenters. The van der Waals surface area contributed by atoms with E-state index in [-0.39, 0.29) is 5.75 Å². The lowest BCUT2D eigenvalue weighted by molar-refractivity contribution is 0.581. The number of aryl methyl sites for hydroxylation is 1. The van der Waals surface area contributed by atoms with Gasteiger partial charge in [-0.1, -0.05) is 42.0 Å². The van der Waals surface area contributed by atoms with Crippen LogP contribution in [0.3, 0.4) is 0 Å². The monoisotopic (exact) mass is 304 g/mol. The molecule has 0 heterocycles.